The molecule has 0 radical (unpaired) electrons. The number of rotatable bonds is 6. The van der Waals surface area contributed by atoms with Gasteiger partial charge >= 0.3 is 16.0 Å². The molecule has 0 spiro atoms. The quantitative estimate of drug-likeness (QED) is 0.199. The minimum atomic E-state index is -4.05. The number of hydrogen-bond acceptors (Lipinski definition) is 9. The van der Waals surface area contributed by atoms with Crippen LogP contribution in [0.4, 0.5) is 11.5 Å². The monoisotopic (exact) mass is 568 g/mol. The van der Waals surface area contributed by atoms with Gasteiger partial charge < -0.3 is 24.9 Å². The van der Waals surface area contributed by atoms with E-state index >= 15 is 0 Å². The van der Waals surface area contributed by atoms with Crippen molar-refractivity contribution in [3.8, 4) is 5.75 Å². The summed E-state index contributed by atoms with van der Waals surface area (Å²) in [7, 11) is -4.05. The molecule has 4 N–H and O–H groups in total. The number of amides is 1. The fourth-order valence-corrected chi connectivity index (χ4v) is 5.41. The van der Waals surface area contributed by atoms with E-state index in [4.69, 9.17) is 4.42 Å². The Morgan fingerprint density at radius 2 is 1.95 bits per heavy atom. The van der Waals surface area contributed by atoms with Gasteiger partial charge in [-0.3, -0.25) is 14.7 Å². The molecule has 0 aliphatic carbocycles. The molecule has 1 amide bonds. The molecule has 2 aliphatic heterocycles. The number of aryl methyl sites for hydroxylation is 1. The summed E-state index contributed by atoms with van der Waals surface area (Å²) in [4.78, 5) is 21.4. The van der Waals surface area contributed by atoms with E-state index in [0.29, 0.717) is 49.9 Å². The summed E-state index contributed by atoms with van der Waals surface area (Å²) in [5.41, 5.74) is 0.156. The molecule has 14 heteroatoms. The average Bonchev–Trinajstić information content (AvgIpc) is 3.49. The van der Waals surface area contributed by atoms with Gasteiger partial charge in [-0.05, 0) is 43.7 Å². The van der Waals surface area contributed by atoms with Crippen molar-refractivity contribution in [2.45, 2.75) is 26.3 Å². The number of para-hydroxylation sites is 1. The van der Waals surface area contributed by atoms with Gasteiger partial charge in [0.05, 0.1) is 24.3 Å². The second kappa shape index (κ2) is 10.9. The van der Waals surface area contributed by atoms with E-state index in [-0.39, 0.29) is 34.6 Å². The van der Waals surface area contributed by atoms with Crippen molar-refractivity contribution in [2.75, 3.05) is 36.4 Å². The van der Waals surface area contributed by atoms with E-state index in [0.717, 1.165) is 4.73 Å². The van der Waals surface area contributed by atoms with Gasteiger partial charge in [0.15, 0.2) is 17.4 Å². The van der Waals surface area contributed by atoms with Crippen LogP contribution in [0.2, 0.25) is 0 Å². The molecule has 210 valence electrons. The van der Waals surface area contributed by atoms with Crippen molar-refractivity contribution < 1.29 is 32.7 Å². The third kappa shape index (κ3) is 5.57. The number of aromatic nitrogens is 1. The van der Waals surface area contributed by atoms with Crippen molar-refractivity contribution in [1.29, 1.82) is 0 Å². The van der Waals surface area contributed by atoms with Crippen molar-refractivity contribution in [1.82, 2.24) is 9.62 Å². The number of pyridine rings is 1. The molecule has 0 unspecified atom stereocenters. The van der Waals surface area contributed by atoms with Gasteiger partial charge in [0.25, 0.3) is 5.91 Å². The summed E-state index contributed by atoms with van der Waals surface area (Å²) >= 11 is 0. The number of aromatic hydroxyl groups is 1. The number of hydrogen-bond donors (Lipinski definition) is 4. The molecule has 13 nitrogen and oxygen atoms in total. The summed E-state index contributed by atoms with van der Waals surface area (Å²) in [6.45, 7) is 5.43. The molecule has 1 fully saturated rings. The molecule has 0 bridgehead atoms. The molecule has 40 heavy (non-hydrogen) atoms. The van der Waals surface area contributed by atoms with Crippen LogP contribution in [0.1, 0.15) is 41.3 Å². The van der Waals surface area contributed by atoms with E-state index < -0.39 is 16.3 Å². The Balaban J connectivity index is 1.33. The van der Waals surface area contributed by atoms with Crippen LogP contribution in [0.5, 0.6) is 5.75 Å². The molecule has 2 aliphatic rings. The predicted molar refractivity (Wildman–Crippen MR) is 147 cm³/mol. The van der Waals surface area contributed by atoms with Crippen molar-refractivity contribution in [3.05, 3.63) is 71.8 Å². The van der Waals surface area contributed by atoms with Crippen LogP contribution in [-0.4, -0.2) is 67.4 Å². The molecular formula is C26H30N7O6S+. The molecule has 4 heterocycles. The van der Waals surface area contributed by atoms with Crippen LogP contribution < -0.4 is 19.7 Å². The van der Waals surface area contributed by atoms with Gasteiger partial charge in [-0.15, -0.1) is 4.40 Å². The Hall–Kier alpha value is -4.59. The summed E-state index contributed by atoms with van der Waals surface area (Å²) in [5, 5.41) is 23.9. The van der Waals surface area contributed by atoms with Crippen LogP contribution in [0, 0.1) is 6.92 Å². The smallest absolute Gasteiger partial charge is 0.345 e. The number of phenols is 1. The minimum Gasteiger partial charge on any atom is -0.505 e. The summed E-state index contributed by atoms with van der Waals surface area (Å²) in [6, 6.07) is 13.0. The van der Waals surface area contributed by atoms with Gasteiger partial charge in [-0.2, -0.15) is 8.42 Å². The van der Waals surface area contributed by atoms with Gasteiger partial charge in [0, 0.05) is 6.07 Å². The number of piperazine rings is 1. The zero-order valence-electron chi connectivity index (χ0n) is 22.0. The molecular weight excluding hydrogens is 538 g/mol. The van der Waals surface area contributed by atoms with Crippen molar-refractivity contribution in [3.63, 3.8) is 0 Å². The first-order valence-electron chi connectivity index (χ1n) is 12.8. The maximum absolute atomic E-state index is 13.3. The van der Waals surface area contributed by atoms with Crippen LogP contribution in [0.15, 0.2) is 68.5 Å². The van der Waals surface area contributed by atoms with Gasteiger partial charge in [0.1, 0.15) is 36.8 Å². The molecule has 1 saturated heterocycles. The number of anilines is 2. The Morgan fingerprint density at radius 3 is 2.62 bits per heavy atom. The third-order valence-electron chi connectivity index (χ3n) is 6.65. The molecule has 5 rings (SSSR count). The first kappa shape index (κ1) is 27.0. The van der Waals surface area contributed by atoms with Crippen molar-refractivity contribution >= 4 is 39.3 Å². The number of nitrogens with one attached hydrogen (secondary N) is 2. The predicted octanol–water partition coefficient (Wildman–Crippen LogP) is 1.99. The Kier molecular flexibility index (Phi) is 7.34. The normalized spacial score (nSPS) is 18.4. The first-order chi connectivity index (χ1) is 19.1. The van der Waals surface area contributed by atoms with Gasteiger partial charge in [-0.25, -0.2) is 4.72 Å². The lowest BCUT2D eigenvalue weighted by molar-refractivity contribution is -0.894. The first-order valence-corrected chi connectivity index (χ1v) is 14.2. The maximum atomic E-state index is 13.3. The van der Waals surface area contributed by atoms with Crippen LogP contribution >= 0.6 is 0 Å². The van der Waals surface area contributed by atoms with Crippen LogP contribution in [0.3, 0.4) is 0 Å². The number of amidine groups is 2. The standard InChI is InChI=1S/C26H29N7O6S/c1-3-19(21-11-10-17(2)39-21)27-24-25(30-40(37,38)29-24)28-20-8-6-7-18(23(20)34)26(35)32-15-13-31(14-16-32)22-9-4-5-12-33(22)36/h4-12,19H,3,13-16H2,1-2H3,(H3-,27,28,29,30,34,35,36)/p+1/t19-/m1/s1. The lowest BCUT2D eigenvalue weighted by Crippen LogP contribution is -2.52. The molecule has 1 aromatic carbocycles. The highest BCUT2D eigenvalue weighted by atomic mass is 32.2. The molecule has 2 aromatic heterocycles. The second-order valence-electron chi connectivity index (χ2n) is 9.38. The molecule has 3 aromatic rings. The molecule has 0 saturated carbocycles. The van der Waals surface area contributed by atoms with E-state index in [2.05, 4.69) is 19.4 Å². The fraction of sp³-hybridized carbons (Fsp3) is 0.308. The van der Waals surface area contributed by atoms with Crippen molar-refractivity contribution in [2.24, 2.45) is 9.39 Å². The van der Waals surface area contributed by atoms with E-state index in [9.17, 15) is 23.5 Å². The zero-order chi connectivity index (χ0) is 28.4. The minimum absolute atomic E-state index is 0.0322. The Labute approximate surface area is 231 Å². The fourth-order valence-electron chi connectivity index (χ4n) is 4.60. The van der Waals surface area contributed by atoms with Gasteiger partial charge in [-0.1, -0.05) is 23.8 Å². The Bertz CT molecular complexity index is 1590. The van der Waals surface area contributed by atoms with Crippen LogP contribution in [-0.2, 0) is 10.2 Å². The van der Waals surface area contributed by atoms with E-state index in [1.54, 1.807) is 42.2 Å². The highest BCUT2D eigenvalue weighted by Gasteiger charge is 2.32. The van der Waals surface area contributed by atoms with E-state index in [1.165, 1.54) is 18.3 Å². The number of carbonyl (C=O) groups excluding carboxylic acids is 1. The average molecular weight is 569 g/mol. The highest BCUT2D eigenvalue weighted by Crippen LogP contribution is 2.30. The number of furan rings is 1. The number of benzene rings is 1. The molecule has 1 atom stereocenters. The number of carbonyl (C=O) groups is 1. The largest absolute Gasteiger partial charge is 0.505 e. The summed E-state index contributed by atoms with van der Waals surface area (Å²) in [5.74, 6) is 1.04. The second-order valence-corrected chi connectivity index (χ2v) is 10.7. The number of phenolic OH excluding ortho intramolecular Hbond substituents is 1. The SMILES string of the molecule is CC[C@@H](N=C1NS(=O)(=O)N=C1Nc1cccc(C(=O)N2CCN(c3cccc[n+]3O)CC2)c1O)c1ccc(C)o1. The maximum Gasteiger partial charge on any atom is 0.345 e. The zero-order valence-corrected chi connectivity index (χ0v) is 22.8. The van der Waals surface area contributed by atoms with Crippen LogP contribution in [0.25, 0.3) is 0 Å². The topological polar surface area (TPSA) is 164 Å². The van der Waals surface area contributed by atoms with Gasteiger partial charge in [0.2, 0.25) is 0 Å². The lowest BCUT2D eigenvalue weighted by Gasteiger charge is -2.31. The number of aliphatic imine (C=N–C) groups is 1. The number of nitrogens with zero attached hydrogens (tertiary/aromatic N) is 5. The third-order valence-corrected chi connectivity index (χ3v) is 7.53. The Morgan fingerprint density at radius 1 is 1.18 bits per heavy atom. The highest BCUT2D eigenvalue weighted by molar-refractivity contribution is 7.89. The summed E-state index contributed by atoms with van der Waals surface area (Å²) < 4.78 is 37.3. The summed E-state index contributed by atoms with van der Waals surface area (Å²) in [6.07, 6.45) is 2.08. The lowest BCUT2D eigenvalue weighted by atomic mass is 10.1. The van der Waals surface area contributed by atoms with E-state index in [1.807, 2.05) is 17.9 Å².